The molecule has 1 fully saturated rings. The third kappa shape index (κ3) is 3.54. The lowest BCUT2D eigenvalue weighted by Crippen LogP contribution is -2.15. The highest BCUT2D eigenvalue weighted by molar-refractivity contribution is 6.80. The maximum absolute atomic E-state index is 5.93. The second-order valence-electron chi connectivity index (χ2n) is 5.36. The number of anilines is 1. The number of nitrogens with one attached hydrogen (secondary N) is 2. The third-order valence-electron chi connectivity index (χ3n) is 3.74. The molecule has 2 heterocycles. The van der Waals surface area contributed by atoms with E-state index in [1.807, 2.05) is 18.2 Å². The monoisotopic (exact) mass is 315 g/mol. The van der Waals surface area contributed by atoms with Gasteiger partial charge in [-0.25, -0.2) is 9.98 Å². The van der Waals surface area contributed by atoms with Gasteiger partial charge >= 0.3 is 0 Å². The van der Waals surface area contributed by atoms with Crippen LogP contribution in [0, 0.1) is 0 Å². The number of halogens is 1. The predicted octanol–water partition coefficient (Wildman–Crippen LogP) is 3.52. The number of hydrazone groups is 1. The summed E-state index contributed by atoms with van der Waals surface area (Å²) in [5.74, 6) is 0.874. The summed E-state index contributed by atoms with van der Waals surface area (Å²) >= 11 is 5.93. The summed E-state index contributed by atoms with van der Waals surface area (Å²) in [6.45, 7) is 3.95. The number of nitrogens with zero attached hydrogens (tertiary/aromatic N) is 3. The zero-order valence-electron chi connectivity index (χ0n) is 12.2. The van der Waals surface area contributed by atoms with Crippen LogP contribution in [0.5, 0.6) is 0 Å². The Morgan fingerprint density at radius 2 is 2.09 bits per heavy atom. The molecule has 0 saturated heterocycles. The van der Waals surface area contributed by atoms with Crippen molar-refractivity contribution >= 4 is 34.4 Å². The van der Waals surface area contributed by atoms with Crippen molar-refractivity contribution in [2.75, 3.05) is 5.32 Å². The standard InChI is InChI=1S/C16H18ClN5/c1-11-13(9-18-19-10-15(17)20-11)14-7-4-8-16(22-14)21-12-5-2-3-6-12/h4,7-10,12,18H,1-3,5-6H2,(H,21,22)/b13-9+,19-10-,20-15+. The molecule has 3 rings (SSSR count). The van der Waals surface area contributed by atoms with Crippen molar-refractivity contribution in [2.45, 2.75) is 31.7 Å². The molecular formula is C16H18ClN5. The van der Waals surface area contributed by atoms with Gasteiger partial charge in [-0.15, -0.1) is 0 Å². The zero-order valence-corrected chi connectivity index (χ0v) is 13.0. The lowest BCUT2D eigenvalue weighted by molar-refractivity contribution is 0.750. The topological polar surface area (TPSA) is 61.7 Å². The second-order valence-corrected chi connectivity index (χ2v) is 5.75. The Balaban J connectivity index is 1.84. The lowest BCUT2D eigenvalue weighted by atomic mass is 10.1. The molecular weight excluding hydrogens is 298 g/mol. The first kappa shape index (κ1) is 14.8. The minimum absolute atomic E-state index is 0.281. The normalized spacial score (nSPS) is 25.2. The molecule has 1 aromatic heterocycles. The molecule has 0 radical (unpaired) electrons. The van der Waals surface area contributed by atoms with Crippen LogP contribution in [0.3, 0.4) is 0 Å². The summed E-state index contributed by atoms with van der Waals surface area (Å²) < 4.78 is 0. The Morgan fingerprint density at radius 1 is 1.27 bits per heavy atom. The quantitative estimate of drug-likeness (QED) is 0.897. The molecule has 0 spiro atoms. The van der Waals surface area contributed by atoms with E-state index in [2.05, 4.69) is 32.4 Å². The van der Waals surface area contributed by atoms with Crippen LogP contribution in [0.2, 0.25) is 0 Å². The smallest absolute Gasteiger partial charge is 0.149 e. The Kier molecular flexibility index (Phi) is 4.53. The molecule has 2 N–H and O–H groups in total. The van der Waals surface area contributed by atoms with Gasteiger partial charge < -0.3 is 5.32 Å². The molecule has 0 bridgehead atoms. The summed E-state index contributed by atoms with van der Waals surface area (Å²) in [6, 6.07) is 6.40. The van der Waals surface area contributed by atoms with Crippen LogP contribution in [0.1, 0.15) is 31.4 Å². The number of rotatable bonds is 3. The highest BCUT2D eigenvalue weighted by Crippen LogP contribution is 2.25. The first-order chi connectivity index (χ1) is 10.7. The van der Waals surface area contributed by atoms with Crippen LogP contribution in [0.25, 0.3) is 5.57 Å². The fourth-order valence-corrected chi connectivity index (χ4v) is 2.81. The molecule has 0 atom stereocenters. The summed E-state index contributed by atoms with van der Waals surface area (Å²) in [5, 5.41) is 7.70. The molecule has 1 aliphatic carbocycles. The number of aromatic nitrogens is 1. The highest BCUT2D eigenvalue weighted by atomic mass is 35.5. The summed E-state index contributed by atoms with van der Waals surface area (Å²) in [4.78, 5) is 8.86. The first-order valence-electron chi connectivity index (χ1n) is 7.38. The van der Waals surface area contributed by atoms with Crippen LogP contribution in [-0.2, 0) is 0 Å². The molecule has 5 nitrogen and oxygen atoms in total. The second kappa shape index (κ2) is 6.75. The van der Waals surface area contributed by atoms with E-state index in [0.717, 1.165) is 17.1 Å². The van der Waals surface area contributed by atoms with Crippen molar-refractivity contribution in [3.8, 4) is 0 Å². The lowest BCUT2D eigenvalue weighted by Gasteiger charge is -2.14. The van der Waals surface area contributed by atoms with Crippen molar-refractivity contribution in [3.63, 3.8) is 0 Å². The van der Waals surface area contributed by atoms with Gasteiger partial charge in [0.15, 0.2) is 0 Å². The van der Waals surface area contributed by atoms with Crippen molar-refractivity contribution < 1.29 is 0 Å². The summed E-state index contributed by atoms with van der Waals surface area (Å²) in [6.07, 6.45) is 8.15. The number of hydrogen-bond donors (Lipinski definition) is 2. The van der Waals surface area contributed by atoms with Gasteiger partial charge in [0.25, 0.3) is 0 Å². The van der Waals surface area contributed by atoms with E-state index in [9.17, 15) is 0 Å². The van der Waals surface area contributed by atoms with E-state index in [1.165, 1.54) is 31.9 Å². The molecule has 22 heavy (non-hydrogen) atoms. The molecule has 0 unspecified atom stereocenters. The Labute approximate surface area is 134 Å². The van der Waals surface area contributed by atoms with Crippen molar-refractivity contribution in [3.05, 3.63) is 42.4 Å². The number of pyridine rings is 1. The van der Waals surface area contributed by atoms with E-state index in [1.54, 1.807) is 6.20 Å². The first-order valence-corrected chi connectivity index (χ1v) is 7.76. The molecule has 2 aliphatic rings. The van der Waals surface area contributed by atoms with E-state index in [-0.39, 0.29) is 5.17 Å². The largest absolute Gasteiger partial charge is 0.367 e. The third-order valence-corrected chi connectivity index (χ3v) is 3.92. The maximum Gasteiger partial charge on any atom is 0.149 e. The Bertz CT molecular complexity index is 656. The van der Waals surface area contributed by atoms with Crippen LogP contribution in [0.15, 0.2) is 46.8 Å². The van der Waals surface area contributed by atoms with Crippen molar-refractivity contribution in [1.29, 1.82) is 0 Å². The van der Waals surface area contributed by atoms with Crippen LogP contribution >= 0.6 is 11.6 Å². The average molecular weight is 316 g/mol. The van der Waals surface area contributed by atoms with Crippen molar-refractivity contribution in [2.24, 2.45) is 10.1 Å². The van der Waals surface area contributed by atoms with Crippen LogP contribution in [0.4, 0.5) is 5.82 Å². The van der Waals surface area contributed by atoms with E-state index < -0.39 is 0 Å². The highest BCUT2D eigenvalue weighted by Gasteiger charge is 2.16. The predicted molar refractivity (Wildman–Crippen MR) is 92.1 cm³/mol. The van der Waals surface area contributed by atoms with E-state index in [0.29, 0.717) is 11.7 Å². The number of allylic oxidation sites excluding steroid dienone is 1. The fraction of sp³-hybridized carbons (Fsp3) is 0.312. The maximum atomic E-state index is 5.93. The minimum Gasteiger partial charge on any atom is -0.367 e. The molecule has 6 heteroatoms. The van der Waals surface area contributed by atoms with Gasteiger partial charge in [-0.1, -0.05) is 37.1 Å². The molecule has 1 aliphatic heterocycles. The summed E-state index contributed by atoms with van der Waals surface area (Å²) in [7, 11) is 0. The van der Waals surface area contributed by atoms with E-state index in [4.69, 9.17) is 11.6 Å². The van der Waals surface area contributed by atoms with Gasteiger partial charge in [0.2, 0.25) is 0 Å². The van der Waals surface area contributed by atoms with Crippen molar-refractivity contribution in [1.82, 2.24) is 10.4 Å². The molecule has 0 amide bonds. The molecule has 0 aromatic carbocycles. The SMILES string of the molecule is C=C1/N=C(Cl)\C=N/N/C=C\1c1cccc(NC2CCCC2)n1. The van der Waals surface area contributed by atoms with Gasteiger partial charge in [0, 0.05) is 17.8 Å². The van der Waals surface area contributed by atoms with Gasteiger partial charge in [0.1, 0.15) is 11.0 Å². The van der Waals surface area contributed by atoms with Crippen LogP contribution in [-0.4, -0.2) is 22.4 Å². The Morgan fingerprint density at radius 3 is 2.91 bits per heavy atom. The number of aliphatic imine (C=N–C) groups is 1. The average Bonchev–Trinajstić information content (AvgIpc) is 2.98. The number of hydrogen-bond acceptors (Lipinski definition) is 5. The summed E-state index contributed by atoms with van der Waals surface area (Å²) in [5.41, 5.74) is 4.91. The fourth-order valence-electron chi connectivity index (χ4n) is 2.66. The minimum atomic E-state index is 0.281. The van der Waals surface area contributed by atoms with Crippen LogP contribution < -0.4 is 10.7 Å². The molecule has 1 saturated carbocycles. The molecule has 114 valence electrons. The van der Waals surface area contributed by atoms with Gasteiger partial charge in [-0.3, -0.25) is 5.43 Å². The van der Waals surface area contributed by atoms with Gasteiger partial charge in [-0.05, 0) is 25.0 Å². The molecule has 1 aromatic rings. The van der Waals surface area contributed by atoms with E-state index >= 15 is 0 Å². The zero-order chi connectivity index (χ0) is 15.4. The Hall–Kier alpha value is -2.14. The van der Waals surface area contributed by atoms with Gasteiger partial charge in [-0.2, -0.15) is 5.10 Å². The van der Waals surface area contributed by atoms with Gasteiger partial charge in [0.05, 0.1) is 17.6 Å².